The Balaban J connectivity index is 2.01. The van der Waals surface area contributed by atoms with Gasteiger partial charge in [0, 0.05) is 37.4 Å². The molecular weight excluding hydrogens is 216 g/mol. The maximum atomic E-state index is 11.2. The van der Waals surface area contributed by atoms with Gasteiger partial charge >= 0.3 is 0 Å². The lowest BCUT2D eigenvalue weighted by Gasteiger charge is -2.16. The van der Waals surface area contributed by atoms with Crippen LogP contribution in [-0.4, -0.2) is 17.4 Å². The zero-order chi connectivity index (χ0) is 12.1. The molecule has 17 heavy (non-hydrogen) atoms. The summed E-state index contributed by atoms with van der Waals surface area (Å²) in [6, 6.07) is 3.84. The average Bonchev–Trinajstić information content (AvgIpc) is 2.38. The summed E-state index contributed by atoms with van der Waals surface area (Å²) in [5, 5.41) is 6.13. The van der Waals surface area contributed by atoms with Crippen molar-refractivity contribution in [3.05, 3.63) is 53.6 Å². The van der Waals surface area contributed by atoms with Crippen molar-refractivity contribution in [2.24, 2.45) is 5.73 Å². The van der Waals surface area contributed by atoms with E-state index in [0.717, 1.165) is 11.3 Å². The Bertz CT molecular complexity index is 465. The molecule has 0 saturated carbocycles. The number of nitrogens with one attached hydrogen (secondary N) is 2. The minimum absolute atomic E-state index is 0.442. The largest absolute Gasteiger partial charge is 0.387 e. The van der Waals surface area contributed by atoms with Gasteiger partial charge in [0.1, 0.15) is 0 Å². The zero-order valence-corrected chi connectivity index (χ0v) is 9.31. The van der Waals surface area contributed by atoms with Crippen LogP contribution in [0.25, 0.3) is 0 Å². The quantitative estimate of drug-likeness (QED) is 0.681. The number of pyridine rings is 1. The molecule has 0 bridgehead atoms. The fourth-order valence-electron chi connectivity index (χ4n) is 1.58. The Morgan fingerprint density at radius 2 is 2.47 bits per heavy atom. The minimum atomic E-state index is -0.442. The van der Waals surface area contributed by atoms with E-state index in [1.807, 2.05) is 18.2 Å². The second-order valence-electron chi connectivity index (χ2n) is 3.66. The predicted molar refractivity (Wildman–Crippen MR) is 64.4 cm³/mol. The van der Waals surface area contributed by atoms with E-state index in [4.69, 9.17) is 5.73 Å². The van der Waals surface area contributed by atoms with Gasteiger partial charge in [-0.1, -0.05) is 6.07 Å². The van der Waals surface area contributed by atoms with Crippen LogP contribution in [0.5, 0.6) is 0 Å². The van der Waals surface area contributed by atoms with Gasteiger partial charge in [0.05, 0.1) is 5.57 Å². The van der Waals surface area contributed by atoms with Crippen molar-refractivity contribution in [2.75, 3.05) is 6.54 Å². The summed E-state index contributed by atoms with van der Waals surface area (Å²) in [6.07, 6.45) is 7.04. The molecule has 0 aromatic carbocycles. The van der Waals surface area contributed by atoms with Crippen LogP contribution in [-0.2, 0) is 11.3 Å². The third-order valence-corrected chi connectivity index (χ3v) is 2.43. The minimum Gasteiger partial charge on any atom is -0.387 e. The summed E-state index contributed by atoms with van der Waals surface area (Å²) in [7, 11) is 0. The van der Waals surface area contributed by atoms with E-state index in [1.165, 1.54) is 0 Å². The highest BCUT2D eigenvalue weighted by atomic mass is 16.1. The Morgan fingerprint density at radius 3 is 3.18 bits per heavy atom. The van der Waals surface area contributed by atoms with Gasteiger partial charge in [-0.15, -0.1) is 0 Å². The summed E-state index contributed by atoms with van der Waals surface area (Å²) in [6.45, 7) is 1.30. The molecule has 5 heteroatoms. The topological polar surface area (TPSA) is 80.0 Å². The van der Waals surface area contributed by atoms with Crippen molar-refractivity contribution in [1.29, 1.82) is 0 Å². The van der Waals surface area contributed by atoms with Gasteiger partial charge in [-0.2, -0.15) is 0 Å². The molecule has 0 atom stereocenters. The molecule has 4 N–H and O–H groups in total. The molecule has 0 radical (unpaired) electrons. The summed E-state index contributed by atoms with van der Waals surface area (Å²) in [5.41, 5.74) is 7.57. The lowest BCUT2D eigenvalue weighted by molar-refractivity contribution is -0.114. The normalized spacial score (nSPS) is 14.4. The second kappa shape index (κ2) is 5.16. The van der Waals surface area contributed by atoms with E-state index >= 15 is 0 Å². The van der Waals surface area contributed by atoms with E-state index in [0.29, 0.717) is 18.7 Å². The fraction of sp³-hybridized carbons (Fsp3) is 0.167. The van der Waals surface area contributed by atoms with Crippen molar-refractivity contribution >= 4 is 5.91 Å². The van der Waals surface area contributed by atoms with Gasteiger partial charge in [0.15, 0.2) is 0 Å². The number of carbonyl (C=O) groups is 1. The van der Waals surface area contributed by atoms with Crippen LogP contribution in [0.1, 0.15) is 5.56 Å². The monoisotopic (exact) mass is 230 g/mol. The number of carbonyl (C=O) groups excluding carboxylic acids is 1. The van der Waals surface area contributed by atoms with Crippen LogP contribution in [0.15, 0.2) is 48.1 Å². The Hall–Kier alpha value is -2.30. The Morgan fingerprint density at radius 1 is 1.59 bits per heavy atom. The molecule has 0 unspecified atom stereocenters. The molecule has 1 amide bonds. The molecule has 5 nitrogen and oxygen atoms in total. The van der Waals surface area contributed by atoms with Gasteiger partial charge in [-0.05, 0) is 17.7 Å². The van der Waals surface area contributed by atoms with Crippen molar-refractivity contribution in [1.82, 2.24) is 15.6 Å². The number of aromatic nitrogens is 1. The highest BCUT2D eigenvalue weighted by Crippen LogP contribution is 2.09. The lowest BCUT2D eigenvalue weighted by atomic mass is 10.1. The molecule has 0 aliphatic carbocycles. The van der Waals surface area contributed by atoms with Crippen LogP contribution in [0.2, 0.25) is 0 Å². The first-order chi connectivity index (χ1) is 8.27. The molecule has 0 saturated heterocycles. The Labute approximate surface area is 99.4 Å². The van der Waals surface area contributed by atoms with E-state index in [2.05, 4.69) is 15.6 Å². The molecule has 2 rings (SSSR count). The van der Waals surface area contributed by atoms with Crippen molar-refractivity contribution < 1.29 is 4.79 Å². The molecule has 1 aliphatic rings. The second-order valence-corrected chi connectivity index (χ2v) is 3.66. The van der Waals surface area contributed by atoms with Crippen LogP contribution in [0.3, 0.4) is 0 Å². The molecule has 1 aromatic heterocycles. The maximum Gasteiger partial charge on any atom is 0.252 e. The first-order valence-corrected chi connectivity index (χ1v) is 5.34. The number of primary amides is 1. The average molecular weight is 230 g/mol. The van der Waals surface area contributed by atoms with Crippen LogP contribution in [0, 0.1) is 0 Å². The SMILES string of the molecule is NC(=O)C1=CNCC=C1NCc1cccnc1. The maximum absolute atomic E-state index is 11.2. The zero-order valence-electron chi connectivity index (χ0n) is 9.31. The van der Waals surface area contributed by atoms with Crippen molar-refractivity contribution in [3.63, 3.8) is 0 Å². The lowest BCUT2D eigenvalue weighted by Crippen LogP contribution is -2.28. The third-order valence-electron chi connectivity index (χ3n) is 2.43. The highest BCUT2D eigenvalue weighted by Gasteiger charge is 2.13. The summed E-state index contributed by atoms with van der Waals surface area (Å²) < 4.78 is 0. The number of nitrogens with two attached hydrogens (primary N) is 1. The Kier molecular flexibility index (Phi) is 3.40. The standard InChI is InChI=1S/C12H14N4O/c13-12(17)10-8-15-5-3-11(10)16-7-9-2-1-4-14-6-9/h1-4,6,8,15-16H,5,7H2,(H2,13,17). The number of nitrogens with zero attached hydrogens (tertiary/aromatic N) is 1. The van der Waals surface area contributed by atoms with Gasteiger partial charge in [0.25, 0.3) is 5.91 Å². The van der Waals surface area contributed by atoms with Gasteiger partial charge in [-0.3, -0.25) is 9.78 Å². The van der Waals surface area contributed by atoms with Crippen molar-refractivity contribution in [3.8, 4) is 0 Å². The van der Waals surface area contributed by atoms with E-state index in [9.17, 15) is 4.79 Å². The summed E-state index contributed by atoms with van der Waals surface area (Å²) >= 11 is 0. The summed E-state index contributed by atoms with van der Waals surface area (Å²) in [4.78, 5) is 15.2. The molecule has 88 valence electrons. The van der Waals surface area contributed by atoms with E-state index in [-0.39, 0.29) is 0 Å². The molecule has 0 spiro atoms. The number of amides is 1. The fourth-order valence-corrected chi connectivity index (χ4v) is 1.58. The summed E-state index contributed by atoms with van der Waals surface area (Å²) in [5.74, 6) is -0.442. The highest BCUT2D eigenvalue weighted by molar-refractivity contribution is 5.96. The van der Waals surface area contributed by atoms with Gasteiger partial charge < -0.3 is 16.4 Å². The molecule has 2 heterocycles. The first-order valence-electron chi connectivity index (χ1n) is 5.34. The predicted octanol–water partition coefficient (Wildman–Crippen LogP) is 0.0275. The molecule has 0 fully saturated rings. The first kappa shape index (κ1) is 11.2. The molecule has 1 aliphatic heterocycles. The number of rotatable bonds is 4. The van der Waals surface area contributed by atoms with E-state index < -0.39 is 5.91 Å². The number of dihydropyridines is 1. The van der Waals surface area contributed by atoms with Crippen LogP contribution >= 0.6 is 0 Å². The van der Waals surface area contributed by atoms with Gasteiger partial charge in [0.2, 0.25) is 0 Å². The van der Waals surface area contributed by atoms with Crippen LogP contribution < -0.4 is 16.4 Å². The number of hydrogen-bond donors (Lipinski definition) is 3. The van der Waals surface area contributed by atoms with E-state index in [1.54, 1.807) is 18.6 Å². The smallest absolute Gasteiger partial charge is 0.252 e. The van der Waals surface area contributed by atoms with Crippen LogP contribution in [0.4, 0.5) is 0 Å². The van der Waals surface area contributed by atoms with Gasteiger partial charge in [-0.25, -0.2) is 0 Å². The molecule has 1 aromatic rings. The third kappa shape index (κ3) is 2.84. The molecular formula is C12H14N4O. The number of hydrogen-bond acceptors (Lipinski definition) is 4. The van der Waals surface area contributed by atoms with Crippen molar-refractivity contribution in [2.45, 2.75) is 6.54 Å².